The molecule has 0 radical (unpaired) electrons. The molecule has 1 aromatic heterocycles. The molecule has 29 heavy (non-hydrogen) atoms. The maximum absolute atomic E-state index is 13.1. The SMILES string of the molecule is CO[C@@H]1C[C@H]2CN(c3cc(C)nc4cc(C(F)(F)F)ccc34)C[C@H]2C[C@H]1N(C)C. The van der Waals surface area contributed by atoms with Gasteiger partial charge in [-0.25, -0.2) is 0 Å². The van der Waals surface area contributed by atoms with E-state index in [-0.39, 0.29) is 6.10 Å². The number of anilines is 1. The summed E-state index contributed by atoms with van der Waals surface area (Å²) in [6, 6.07) is 6.30. The van der Waals surface area contributed by atoms with Gasteiger partial charge in [0.15, 0.2) is 0 Å². The number of ether oxygens (including phenoxy) is 1. The lowest BCUT2D eigenvalue weighted by molar-refractivity contribution is -0.137. The zero-order chi connectivity index (χ0) is 20.9. The third-order valence-corrected chi connectivity index (χ3v) is 6.64. The molecule has 2 heterocycles. The number of benzene rings is 1. The molecule has 0 N–H and O–H groups in total. The number of hydrogen-bond acceptors (Lipinski definition) is 4. The van der Waals surface area contributed by atoms with E-state index in [0.29, 0.717) is 23.4 Å². The highest BCUT2D eigenvalue weighted by atomic mass is 19.4. The lowest BCUT2D eigenvalue weighted by atomic mass is 9.77. The topological polar surface area (TPSA) is 28.6 Å². The normalized spacial score (nSPS) is 27.7. The molecule has 0 amide bonds. The molecule has 4 nitrogen and oxygen atoms in total. The zero-order valence-electron chi connectivity index (χ0n) is 17.3. The van der Waals surface area contributed by atoms with Gasteiger partial charge in [-0.15, -0.1) is 0 Å². The van der Waals surface area contributed by atoms with E-state index in [1.807, 2.05) is 13.0 Å². The Morgan fingerprint density at radius 2 is 1.79 bits per heavy atom. The molecule has 7 heteroatoms. The Labute approximate surface area is 169 Å². The number of nitrogens with zero attached hydrogens (tertiary/aromatic N) is 3. The summed E-state index contributed by atoms with van der Waals surface area (Å²) in [5.74, 6) is 1.10. The summed E-state index contributed by atoms with van der Waals surface area (Å²) < 4.78 is 45.2. The second-order valence-electron chi connectivity index (χ2n) is 8.71. The molecule has 158 valence electrons. The van der Waals surface area contributed by atoms with E-state index in [9.17, 15) is 13.2 Å². The third-order valence-electron chi connectivity index (χ3n) is 6.64. The van der Waals surface area contributed by atoms with Crippen LogP contribution >= 0.6 is 0 Å². The first kappa shape index (κ1) is 20.4. The number of aromatic nitrogens is 1. The average molecular weight is 407 g/mol. The number of methoxy groups -OCH3 is 1. The molecule has 2 aliphatic rings. The van der Waals surface area contributed by atoms with Crippen molar-refractivity contribution in [1.29, 1.82) is 0 Å². The Morgan fingerprint density at radius 1 is 1.10 bits per heavy atom. The van der Waals surface area contributed by atoms with Crippen LogP contribution < -0.4 is 4.90 Å². The maximum atomic E-state index is 13.1. The van der Waals surface area contributed by atoms with Gasteiger partial charge in [0, 0.05) is 43.0 Å². The minimum absolute atomic E-state index is 0.219. The quantitative estimate of drug-likeness (QED) is 0.756. The first-order valence-corrected chi connectivity index (χ1v) is 10.1. The maximum Gasteiger partial charge on any atom is 0.416 e. The van der Waals surface area contributed by atoms with Gasteiger partial charge in [-0.2, -0.15) is 13.2 Å². The summed E-state index contributed by atoms with van der Waals surface area (Å²) in [7, 11) is 5.98. The summed E-state index contributed by atoms with van der Waals surface area (Å²) in [5.41, 5.74) is 1.49. The van der Waals surface area contributed by atoms with Crippen LogP contribution in [0.15, 0.2) is 24.3 Å². The fraction of sp³-hybridized carbons (Fsp3) is 0.591. The average Bonchev–Trinajstić information content (AvgIpc) is 3.07. The van der Waals surface area contributed by atoms with Gasteiger partial charge >= 0.3 is 6.18 Å². The predicted molar refractivity (Wildman–Crippen MR) is 108 cm³/mol. The standard InChI is InChI=1S/C22H28F3N3O/c1-13-7-19(17-6-5-16(22(23,24)25)10-18(17)26-13)28-11-14-8-20(27(2)3)21(29-4)9-15(14)12-28/h5-7,10,14-15,20-21H,8-9,11-12H2,1-4H3/t14-,15+,20-,21-/m1/s1. The molecule has 4 atom stereocenters. The number of halogens is 3. The van der Waals surface area contributed by atoms with Crippen LogP contribution in [-0.2, 0) is 10.9 Å². The van der Waals surface area contributed by atoms with Gasteiger partial charge in [-0.1, -0.05) is 6.07 Å². The van der Waals surface area contributed by atoms with Gasteiger partial charge < -0.3 is 14.5 Å². The van der Waals surface area contributed by atoms with Crippen molar-refractivity contribution < 1.29 is 17.9 Å². The van der Waals surface area contributed by atoms with Crippen molar-refractivity contribution in [3.05, 3.63) is 35.5 Å². The van der Waals surface area contributed by atoms with E-state index in [0.717, 1.165) is 54.8 Å². The molecule has 0 spiro atoms. The summed E-state index contributed by atoms with van der Waals surface area (Å²) in [6.45, 7) is 3.67. The van der Waals surface area contributed by atoms with Gasteiger partial charge in [0.2, 0.25) is 0 Å². The molecular weight excluding hydrogens is 379 g/mol. The van der Waals surface area contributed by atoms with Crippen LogP contribution in [0.25, 0.3) is 10.9 Å². The molecule has 0 unspecified atom stereocenters. The summed E-state index contributed by atoms with van der Waals surface area (Å²) in [6.07, 6.45) is -2.05. The smallest absolute Gasteiger partial charge is 0.380 e. The second-order valence-corrected chi connectivity index (χ2v) is 8.71. The number of hydrogen-bond donors (Lipinski definition) is 0. The van der Waals surface area contributed by atoms with Gasteiger partial charge in [-0.05, 0) is 63.9 Å². The largest absolute Gasteiger partial charge is 0.416 e. The van der Waals surface area contributed by atoms with Crippen molar-refractivity contribution >= 4 is 16.6 Å². The Bertz CT molecular complexity index is 899. The number of fused-ring (bicyclic) bond motifs is 2. The summed E-state index contributed by atoms with van der Waals surface area (Å²) in [4.78, 5) is 8.97. The summed E-state index contributed by atoms with van der Waals surface area (Å²) in [5, 5.41) is 0.787. The lowest BCUT2D eigenvalue weighted by Gasteiger charge is -2.40. The molecular formula is C22H28F3N3O. The minimum atomic E-state index is -4.36. The van der Waals surface area contributed by atoms with Crippen LogP contribution in [0.4, 0.5) is 18.9 Å². The fourth-order valence-electron chi connectivity index (χ4n) is 5.16. The van der Waals surface area contributed by atoms with E-state index in [4.69, 9.17) is 4.74 Å². The Hall–Kier alpha value is -1.86. The molecule has 1 saturated carbocycles. The van der Waals surface area contributed by atoms with E-state index in [1.54, 1.807) is 13.2 Å². The first-order chi connectivity index (χ1) is 13.7. The molecule has 4 rings (SSSR count). The van der Waals surface area contributed by atoms with E-state index in [2.05, 4.69) is 28.9 Å². The number of aryl methyl sites for hydroxylation is 1. The van der Waals surface area contributed by atoms with Gasteiger partial charge in [0.25, 0.3) is 0 Å². The molecule has 1 aliphatic carbocycles. The van der Waals surface area contributed by atoms with Crippen LogP contribution in [-0.4, -0.2) is 56.3 Å². The van der Waals surface area contributed by atoms with E-state index in [1.165, 1.54) is 0 Å². The van der Waals surface area contributed by atoms with Gasteiger partial charge in [0.1, 0.15) is 0 Å². The molecule has 2 aromatic rings. The fourth-order valence-corrected chi connectivity index (χ4v) is 5.16. The van der Waals surface area contributed by atoms with Crippen LogP contribution in [0.3, 0.4) is 0 Å². The number of likely N-dealkylation sites (N-methyl/N-ethyl adjacent to an activating group) is 1. The Kier molecular flexibility index (Phi) is 5.23. The molecule has 1 aromatic carbocycles. The Morgan fingerprint density at radius 3 is 2.41 bits per heavy atom. The van der Waals surface area contributed by atoms with Crippen LogP contribution in [0.5, 0.6) is 0 Å². The number of rotatable bonds is 3. The van der Waals surface area contributed by atoms with Crippen molar-refractivity contribution in [3.8, 4) is 0 Å². The van der Waals surface area contributed by atoms with Crippen LogP contribution in [0, 0.1) is 18.8 Å². The lowest BCUT2D eigenvalue weighted by Crippen LogP contribution is -2.47. The highest BCUT2D eigenvalue weighted by Crippen LogP contribution is 2.42. The predicted octanol–water partition coefficient (Wildman–Crippen LogP) is 4.35. The van der Waals surface area contributed by atoms with Crippen molar-refractivity contribution in [3.63, 3.8) is 0 Å². The molecule has 1 aliphatic heterocycles. The van der Waals surface area contributed by atoms with E-state index < -0.39 is 11.7 Å². The zero-order valence-corrected chi connectivity index (χ0v) is 17.3. The molecule has 0 bridgehead atoms. The monoisotopic (exact) mass is 407 g/mol. The molecule has 2 fully saturated rings. The third kappa shape index (κ3) is 3.82. The summed E-state index contributed by atoms with van der Waals surface area (Å²) >= 11 is 0. The van der Waals surface area contributed by atoms with Crippen molar-refractivity contribution in [2.75, 3.05) is 39.2 Å². The van der Waals surface area contributed by atoms with Crippen molar-refractivity contribution in [2.24, 2.45) is 11.8 Å². The molecule has 1 saturated heterocycles. The van der Waals surface area contributed by atoms with Gasteiger partial charge in [0.05, 0.1) is 17.2 Å². The van der Waals surface area contributed by atoms with Crippen molar-refractivity contribution in [2.45, 2.75) is 38.1 Å². The highest BCUT2D eigenvalue weighted by molar-refractivity contribution is 5.92. The Balaban J connectivity index is 1.66. The van der Waals surface area contributed by atoms with Crippen LogP contribution in [0.1, 0.15) is 24.1 Å². The highest BCUT2D eigenvalue weighted by Gasteiger charge is 2.43. The minimum Gasteiger partial charge on any atom is -0.380 e. The number of alkyl halides is 3. The second kappa shape index (κ2) is 7.43. The first-order valence-electron chi connectivity index (χ1n) is 10.1. The van der Waals surface area contributed by atoms with Crippen LogP contribution in [0.2, 0.25) is 0 Å². The van der Waals surface area contributed by atoms with Crippen molar-refractivity contribution in [1.82, 2.24) is 9.88 Å². The van der Waals surface area contributed by atoms with Gasteiger partial charge in [-0.3, -0.25) is 4.98 Å². The number of pyridine rings is 1. The van der Waals surface area contributed by atoms with E-state index >= 15 is 0 Å².